The molecule has 0 aliphatic heterocycles. The fourth-order valence-corrected chi connectivity index (χ4v) is 4.37. The number of carbonyl (C=O) groups excluding carboxylic acids is 1. The number of hydrogen-bond donors (Lipinski definition) is 1. The van der Waals surface area contributed by atoms with E-state index in [2.05, 4.69) is 68.8 Å². The van der Waals surface area contributed by atoms with Crippen molar-refractivity contribution >= 4 is 27.3 Å². The first-order valence-electron chi connectivity index (χ1n) is 11.1. The Kier molecular flexibility index (Phi) is 10.6. The van der Waals surface area contributed by atoms with Crippen LogP contribution in [0, 0.1) is 0 Å². The molecule has 0 aliphatic rings. The second-order valence-electron chi connectivity index (χ2n) is 8.39. The van der Waals surface area contributed by atoms with Crippen LogP contribution in [-0.4, -0.2) is 19.6 Å². The summed E-state index contributed by atoms with van der Waals surface area (Å²) in [4.78, 5) is 12.2. The molecule has 0 spiro atoms. The maximum absolute atomic E-state index is 12.2. The average molecular weight is 440 g/mol. The van der Waals surface area contributed by atoms with E-state index >= 15 is 0 Å². The Hall–Kier alpha value is -2.33. The molecular weight excluding hydrogens is 402 g/mol. The van der Waals surface area contributed by atoms with E-state index in [1.54, 1.807) is 18.4 Å². The van der Waals surface area contributed by atoms with Gasteiger partial charge in [-0.25, -0.2) is 0 Å². The molecule has 168 valence electrons. The van der Waals surface area contributed by atoms with Gasteiger partial charge in [0.25, 0.3) is 0 Å². The summed E-state index contributed by atoms with van der Waals surface area (Å²) >= 11 is 1.74. The summed E-state index contributed by atoms with van der Waals surface area (Å²) in [6, 6.07) is 6.15. The highest BCUT2D eigenvalue weighted by molar-refractivity contribution is 7.17. The molecule has 1 heterocycles. The molecule has 0 radical (unpaired) electrons. The molecule has 31 heavy (non-hydrogen) atoms. The number of nitrogens with one attached hydrogen (secondary N) is 1. The van der Waals surface area contributed by atoms with Crippen molar-refractivity contribution in [2.75, 3.05) is 13.7 Å². The maximum atomic E-state index is 12.2. The SMILES string of the molecule is COc1ccc2scc(CCNC(=O)CC=C(C)CCC=C(C)CCC=C(C)C)c2c1. The minimum absolute atomic E-state index is 0.0879. The summed E-state index contributed by atoms with van der Waals surface area (Å²) in [6.45, 7) is 9.26. The van der Waals surface area contributed by atoms with E-state index in [0.29, 0.717) is 13.0 Å². The first-order chi connectivity index (χ1) is 14.9. The van der Waals surface area contributed by atoms with Crippen LogP contribution in [0.2, 0.25) is 0 Å². The van der Waals surface area contributed by atoms with E-state index in [4.69, 9.17) is 4.74 Å². The average Bonchev–Trinajstić information content (AvgIpc) is 3.14. The van der Waals surface area contributed by atoms with Crippen LogP contribution in [0.15, 0.2) is 58.5 Å². The zero-order valence-corrected chi connectivity index (χ0v) is 20.5. The number of ether oxygens (including phenoxy) is 1. The maximum Gasteiger partial charge on any atom is 0.223 e. The van der Waals surface area contributed by atoms with E-state index in [1.165, 1.54) is 32.4 Å². The number of amides is 1. The predicted octanol–water partition coefficient (Wildman–Crippen LogP) is 7.38. The van der Waals surface area contributed by atoms with Gasteiger partial charge in [-0.1, -0.05) is 34.9 Å². The second kappa shape index (κ2) is 13.2. The Balaban J connectivity index is 1.70. The van der Waals surface area contributed by atoms with Crippen LogP contribution < -0.4 is 10.1 Å². The summed E-state index contributed by atoms with van der Waals surface area (Å²) in [5.41, 5.74) is 5.37. The Bertz CT molecular complexity index is 945. The molecule has 2 rings (SSSR count). The third kappa shape index (κ3) is 9.14. The number of rotatable bonds is 12. The van der Waals surface area contributed by atoms with E-state index in [1.807, 2.05) is 6.07 Å². The van der Waals surface area contributed by atoms with Crippen molar-refractivity contribution in [2.24, 2.45) is 0 Å². The molecule has 1 aromatic carbocycles. The van der Waals surface area contributed by atoms with Crippen LogP contribution in [0.3, 0.4) is 0 Å². The molecule has 2 aromatic rings. The lowest BCUT2D eigenvalue weighted by Gasteiger charge is -2.05. The molecule has 0 saturated carbocycles. The quantitative estimate of drug-likeness (QED) is 0.350. The lowest BCUT2D eigenvalue weighted by molar-refractivity contribution is -0.120. The van der Waals surface area contributed by atoms with Gasteiger partial charge in [0.05, 0.1) is 7.11 Å². The number of allylic oxidation sites excluding steroid dienone is 5. The third-order valence-electron chi connectivity index (χ3n) is 5.34. The number of carbonyl (C=O) groups is 1. The van der Waals surface area contributed by atoms with Gasteiger partial charge in [-0.05, 0) is 94.3 Å². The fraction of sp³-hybridized carbons (Fsp3) is 0.444. The molecule has 1 N–H and O–H groups in total. The molecule has 0 bridgehead atoms. The van der Waals surface area contributed by atoms with E-state index < -0.39 is 0 Å². The first kappa shape index (κ1) is 24.9. The number of fused-ring (bicyclic) bond motifs is 1. The Labute approximate surface area is 191 Å². The highest BCUT2D eigenvalue weighted by Gasteiger charge is 2.06. The zero-order valence-electron chi connectivity index (χ0n) is 19.7. The van der Waals surface area contributed by atoms with Crippen molar-refractivity contribution in [3.63, 3.8) is 0 Å². The van der Waals surface area contributed by atoms with Gasteiger partial charge in [0.1, 0.15) is 5.75 Å². The van der Waals surface area contributed by atoms with Gasteiger partial charge in [0.2, 0.25) is 5.91 Å². The highest BCUT2D eigenvalue weighted by atomic mass is 32.1. The van der Waals surface area contributed by atoms with E-state index in [9.17, 15) is 4.79 Å². The van der Waals surface area contributed by atoms with E-state index in [0.717, 1.165) is 37.9 Å². The lowest BCUT2D eigenvalue weighted by atomic mass is 10.1. The molecule has 1 aromatic heterocycles. The van der Waals surface area contributed by atoms with Crippen molar-refractivity contribution in [1.82, 2.24) is 5.32 Å². The molecule has 4 heteroatoms. The molecule has 0 unspecified atom stereocenters. The Morgan fingerprint density at radius 1 is 1.03 bits per heavy atom. The summed E-state index contributed by atoms with van der Waals surface area (Å²) in [5, 5.41) is 6.45. The molecule has 0 saturated heterocycles. The van der Waals surface area contributed by atoms with Crippen LogP contribution in [0.4, 0.5) is 0 Å². The zero-order chi connectivity index (χ0) is 22.6. The predicted molar refractivity (Wildman–Crippen MR) is 135 cm³/mol. The van der Waals surface area contributed by atoms with Crippen molar-refractivity contribution in [1.29, 1.82) is 0 Å². The van der Waals surface area contributed by atoms with Crippen LogP contribution in [0.25, 0.3) is 10.1 Å². The van der Waals surface area contributed by atoms with Gasteiger partial charge in [-0.3, -0.25) is 4.79 Å². The van der Waals surface area contributed by atoms with Crippen LogP contribution in [0.5, 0.6) is 5.75 Å². The minimum atomic E-state index is 0.0879. The van der Waals surface area contributed by atoms with E-state index in [-0.39, 0.29) is 5.91 Å². The smallest absolute Gasteiger partial charge is 0.223 e. The van der Waals surface area contributed by atoms with Gasteiger partial charge in [-0.2, -0.15) is 0 Å². The van der Waals surface area contributed by atoms with Crippen LogP contribution in [0.1, 0.15) is 65.4 Å². The normalized spacial score (nSPS) is 12.2. The van der Waals surface area contributed by atoms with Crippen LogP contribution >= 0.6 is 11.3 Å². The number of hydrogen-bond acceptors (Lipinski definition) is 3. The highest BCUT2D eigenvalue weighted by Crippen LogP contribution is 2.29. The van der Waals surface area contributed by atoms with Crippen molar-refractivity contribution in [2.45, 2.75) is 66.2 Å². The largest absolute Gasteiger partial charge is 0.497 e. The van der Waals surface area contributed by atoms with Crippen LogP contribution in [-0.2, 0) is 11.2 Å². The minimum Gasteiger partial charge on any atom is -0.497 e. The molecule has 0 aliphatic carbocycles. The molecule has 3 nitrogen and oxygen atoms in total. The fourth-order valence-electron chi connectivity index (χ4n) is 3.40. The van der Waals surface area contributed by atoms with Gasteiger partial charge in [0.15, 0.2) is 0 Å². The summed E-state index contributed by atoms with van der Waals surface area (Å²) in [6.07, 6.45) is 12.3. The first-order valence-corrected chi connectivity index (χ1v) is 12.0. The molecule has 0 atom stereocenters. The molecule has 1 amide bonds. The summed E-state index contributed by atoms with van der Waals surface area (Å²) in [7, 11) is 1.69. The number of methoxy groups -OCH3 is 1. The van der Waals surface area contributed by atoms with Crippen molar-refractivity contribution < 1.29 is 9.53 Å². The van der Waals surface area contributed by atoms with Gasteiger partial charge in [-0.15, -0.1) is 11.3 Å². The van der Waals surface area contributed by atoms with Crippen molar-refractivity contribution in [3.8, 4) is 5.75 Å². The van der Waals surface area contributed by atoms with Gasteiger partial charge >= 0.3 is 0 Å². The Morgan fingerprint density at radius 2 is 1.74 bits per heavy atom. The number of thiophene rings is 1. The third-order valence-corrected chi connectivity index (χ3v) is 6.35. The topological polar surface area (TPSA) is 38.3 Å². The molecule has 0 fully saturated rings. The summed E-state index contributed by atoms with van der Waals surface area (Å²) in [5.74, 6) is 0.958. The Morgan fingerprint density at radius 3 is 2.45 bits per heavy atom. The van der Waals surface area contributed by atoms with Crippen molar-refractivity contribution in [3.05, 3.63) is 64.1 Å². The van der Waals surface area contributed by atoms with Gasteiger partial charge in [0, 0.05) is 17.7 Å². The standard InChI is InChI=1S/C27H37NO2S/c1-20(2)8-6-9-21(3)10-7-11-22(4)12-15-27(29)28-17-16-23-19-31-26-14-13-24(30-5)18-25(23)26/h8,10,12-14,18-19H,6-7,9,11,15-17H2,1-5H3,(H,28,29). The summed E-state index contributed by atoms with van der Waals surface area (Å²) < 4.78 is 6.58. The lowest BCUT2D eigenvalue weighted by Crippen LogP contribution is -2.24. The molecular formula is C27H37NO2S. The monoisotopic (exact) mass is 439 g/mol. The second-order valence-corrected chi connectivity index (χ2v) is 9.30. The van der Waals surface area contributed by atoms with Gasteiger partial charge < -0.3 is 10.1 Å². The number of benzene rings is 1.